The molecule has 2 heterocycles. The van der Waals surface area contributed by atoms with Gasteiger partial charge in [0, 0.05) is 12.2 Å². The molecule has 3 N–H and O–H groups in total. The van der Waals surface area contributed by atoms with Crippen molar-refractivity contribution in [3.8, 4) is 17.1 Å². The number of imidazole rings is 1. The summed E-state index contributed by atoms with van der Waals surface area (Å²) in [5, 5.41) is 13.1. The second kappa shape index (κ2) is 6.92. The molecule has 26 heavy (non-hydrogen) atoms. The molecular weight excluding hydrogens is 335 g/mol. The van der Waals surface area contributed by atoms with Gasteiger partial charge in [-0.1, -0.05) is 6.07 Å². The lowest BCUT2D eigenvalue weighted by molar-refractivity contribution is 0.126. The first-order valence-corrected chi connectivity index (χ1v) is 8.78. The SMILES string of the molecule is COc1cccc(-c2nc3c(NC4CCC(O)CC4)nccc3[nH]2)c1F. The highest BCUT2D eigenvalue weighted by atomic mass is 19.1. The minimum atomic E-state index is -0.446. The number of pyridine rings is 1. The Morgan fingerprint density at radius 1 is 1.23 bits per heavy atom. The number of aromatic nitrogens is 3. The number of methoxy groups -OCH3 is 1. The van der Waals surface area contributed by atoms with Crippen molar-refractivity contribution in [2.75, 3.05) is 12.4 Å². The van der Waals surface area contributed by atoms with Crippen LogP contribution < -0.4 is 10.1 Å². The average molecular weight is 356 g/mol. The number of anilines is 1. The van der Waals surface area contributed by atoms with E-state index in [4.69, 9.17) is 4.74 Å². The van der Waals surface area contributed by atoms with Gasteiger partial charge in [0.2, 0.25) is 0 Å². The first kappa shape index (κ1) is 16.8. The van der Waals surface area contributed by atoms with E-state index in [9.17, 15) is 9.50 Å². The van der Waals surface area contributed by atoms with Crippen LogP contribution in [0.15, 0.2) is 30.5 Å². The number of nitrogens with one attached hydrogen (secondary N) is 2. The van der Waals surface area contributed by atoms with E-state index >= 15 is 0 Å². The van der Waals surface area contributed by atoms with Gasteiger partial charge in [-0.2, -0.15) is 0 Å². The summed E-state index contributed by atoms with van der Waals surface area (Å²) in [7, 11) is 1.44. The van der Waals surface area contributed by atoms with Crippen LogP contribution in [0.25, 0.3) is 22.4 Å². The predicted octanol–water partition coefficient (Wildman–Crippen LogP) is 3.49. The molecule has 1 aliphatic rings. The van der Waals surface area contributed by atoms with Crippen LogP contribution in [0.5, 0.6) is 5.75 Å². The third kappa shape index (κ3) is 3.10. The number of hydrogen-bond donors (Lipinski definition) is 3. The molecule has 0 bridgehead atoms. The first-order valence-electron chi connectivity index (χ1n) is 8.78. The number of benzene rings is 1. The van der Waals surface area contributed by atoms with Gasteiger partial charge in [0.1, 0.15) is 11.3 Å². The number of H-pyrrole nitrogens is 1. The van der Waals surface area contributed by atoms with Crippen LogP contribution in [0.3, 0.4) is 0 Å². The molecule has 0 spiro atoms. The number of halogens is 1. The summed E-state index contributed by atoms with van der Waals surface area (Å²) < 4.78 is 19.6. The Bertz CT molecular complexity index is 919. The highest BCUT2D eigenvalue weighted by molar-refractivity contribution is 5.88. The summed E-state index contributed by atoms with van der Waals surface area (Å²) in [6, 6.07) is 7.05. The van der Waals surface area contributed by atoms with Crippen LogP contribution in [-0.4, -0.2) is 39.3 Å². The highest BCUT2D eigenvalue weighted by Crippen LogP contribution is 2.31. The summed E-state index contributed by atoms with van der Waals surface area (Å²) in [6.07, 6.45) is 4.85. The fourth-order valence-corrected chi connectivity index (χ4v) is 3.43. The van der Waals surface area contributed by atoms with Crippen molar-refractivity contribution in [2.24, 2.45) is 0 Å². The van der Waals surface area contributed by atoms with Gasteiger partial charge >= 0.3 is 0 Å². The molecular formula is C19H21FN4O2. The normalized spacial score (nSPS) is 20.3. The molecule has 0 saturated heterocycles. The van der Waals surface area contributed by atoms with E-state index < -0.39 is 5.82 Å². The van der Waals surface area contributed by atoms with Gasteiger partial charge in [-0.25, -0.2) is 14.4 Å². The third-order valence-electron chi connectivity index (χ3n) is 4.88. The molecule has 1 fully saturated rings. The molecule has 0 unspecified atom stereocenters. The molecule has 1 saturated carbocycles. The molecule has 2 aromatic heterocycles. The minimum Gasteiger partial charge on any atom is -0.494 e. The summed E-state index contributed by atoms with van der Waals surface area (Å²) in [5.41, 5.74) is 1.82. The Labute approximate surface area is 150 Å². The summed E-state index contributed by atoms with van der Waals surface area (Å²) in [6.45, 7) is 0. The predicted molar refractivity (Wildman–Crippen MR) is 97.7 cm³/mol. The number of ether oxygens (including phenoxy) is 1. The molecule has 1 aliphatic carbocycles. The van der Waals surface area contributed by atoms with E-state index in [1.54, 1.807) is 24.4 Å². The maximum Gasteiger partial charge on any atom is 0.175 e. The lowest BCUT2D eigenvalue weighted by Crippen LogP contribution is -2.28. The largest absolute Gasteiger partial charge is 0.494 e. The van der Waals surface area contributed by atoms with Crippen molar-refractivity contribution in [1.82, 2.24) is 15.0 Å². The van der Waals surface area contributed by atoms with Gasteiger partial charge in [-0.15, -0.1) is 0 Å². The van der Waals surface area contributed by atoms with Crippen LogP contribution in [0, 0.1) is 5.82 Å². The topological polar surface area (TPSA) is 83.1 Å². The summed E-state index contributed by atoms with van der Waals surface area (Å²) >= 11 is 0. The van der Waals surface area contributed by atoms with Crippen molar-refractivity contribution in [1.29, 1.82) is 0 Å². The van der Waals surface area contributed by atoms with Crippen molar-refractivity contribution in [2.45, 2.75) is 37.8 Å². The fourth-order valence-electron chi connectivity index (χ4n) is 3.43. The smallest absolute Gasteiger partial charge is 0.175 e. The molecule has 0 atom stereocenters. The van der Waals surface area contributed by atoms with Crippen molar-refractivity contribution >= 4 is 16.9 Å². The Hall–Kier alpha value is -2.67. The number of aliphatic hydroxyl groups is 1. The maximum absolute atomic E-state index is 14.6. The van der Waals surface area contributed by atoms with E-state index in [-0.39, 0.29) is 17.9 Å². The average Bonchev–Trinajstić information content (AvgIpc) is 3.09. The van der Waals surface area contributed by atoms with Crippen LogP contribution in [0.4, 0.5) is 10.2 Å². The molecule has 7 heteroatoms. The second-order valence-corrected chi connectivity index (χ2v) is 6.61. The van der Waals surface area contributed by atoms with E-state index in [1.165, 1.54) is 7.11 Å². The van der Waals surface area contributed by atoms with E-state index in [1.807, 2.05) is 6.07 Å². The number of aliphatic hydroxyl groups excluding tert-OH is 1. The van der Waals surface area contributed by atoms with E-state index in [0.717, 1.165) is 31.2 Å². The van der Waals surface area contributed by atoms with Gasteiger partial charge in [0.15, 0.2) is 17.4 Å². The summed E-state index contributed by atoms with van der Waals surface area (Å²) in [4.78, 5) is 12.1. The van der Waals surface area contributed by atoms with Gasteiger partial charge in [0.25, 0.3) is 0 Å². The number of hydrogen-bond acceptors (Lipinski definition) is 5. The molecule has 4 rings (SSSR count). The van der Waals surface area contributed by atoms with Gasteiger partial charge in [-0.3, -0.25) is 0 Å². The van der Waals surface area contributed by atoms with Gasteiger partial charge in [0.05, 0.1) is 24.3 Å². The molecule has 0 amide bonds. The number of aromatic amines is 1. The highest BCUT2D eigenvalue weighted by Gasteiger charge is 2.21. The molecule has 3 aromatic rings. The Morgan fingerprint density at radius 2 is 2.04 bits per heavy atom. The molecule has 0 aliphatic heterocycles. The van der Waals surface area contributed by atoms with Crippen molar-refractivity contribution < 1.29 is 14.2 Å². The zero-order chi connectivity index (χ0) is 18.1. The number of nitrogens with zero attached hydrogens (tertiary/aromatic N) is 2. The molecule has 6 nitrogen and oxygen atoms in total. The Kier molecular flexibility index (Phi) is 4.46. The third-order valence-corrected chi connectivity index (χ3v) is 4.88. The van der Waals surface area contributed by atoms with Crippen LogP contribution in [-0.2, 0) is 0 Å². The van der Waals surface area contributed by atoms with Crippen LogP contribution >= 0.6 is 0 Å². The van der Waals surface area contributed by atoms with E-state index in [0.29, 0.717) is 22.7 Å². The van der Waals surface area contributed by atoms with Crippen LogP contribution in [0.2, 0.25) is 0 Å². The zero-order valence-corrected chi connectivity index (χ0v) is 14.5. The quantitative estimate of drug-likeness (QED) is 0.666. The molecule has 136 valence electrons. The van der Waals surface area contributed by atoms with Crippen LogP contribution in [0.1, 0.15) is 25.7 Å². The van der Waals surface area contributed by atoms with E-state index in [2.05, 4.69) is 20.3 Å². The Balaban J connectivity index is 1.68. The molecule has 0 radical (unpaired) electrons. The monoisotopic (exact) mass is 356 g/mol. The minimum absolute atomic E-state index is 0.181. The van der Waals surface area contributed by atoms with Gasteiger partial charge < -0.3 is 20.1 Å². The lowest BCUT2D eigenvalue weighted by Gasteiger charge is -2.26. The number of fused-ring (bicyclic) bond motifs is 1. The Morgan fingerprint density at radius 3 is 2.81 bits per heavy atom. The van der Waals surface area contributed by atoms with Crippen molar-refractivity contribution in [3.63, 3.8) is 0 Å². The summed E-state index contributed by atoms with van der Waals surface area (Å²) in [5.74, 6) is 0.846. The van der Waals surface area contributed by atoms with Crippen molar-refractivity contribution in [3.05, 3.63) is 36.3 Å². The zero-order valence-electron chi connectivity index (χ0n) is 14.5. The first-order chi connectivity index (χ1) is 12.7. The molecule has 1 aromatic carbocycles. The maximum atomic E-state index is 14.6. The fraction of sp³-hybridized carbons (Fsp3) is 0.368. The second-order valence-electron chi connectivity index (χ2n) is 6.61. The van der Waals surface area contributed by atoms with Gasteiger partial charge in [-0.05, 0) is 43.9 Å². The number of rotatable bonds is 4. The lowest BCUT2D eigenvalue weighted by atomic mass is 9.93. The standard InChI is InChI=1S/C19H21FN4O2/c1-26-15-4-2-3-13(16(15)20)18-23-14-9-10-21-19(17(14)24-18)22-11-5-7-12(25)8-6-11/h2-4,9-12,25H,5-8H2,1H3,(H,21,22)(H,23,24).